The van der Waals surface area contributed by atoms with Gasteiger partial charge in [-0.3, -0.25) is 0 Å². The molecule has 0 fully saturated rings. The molecule has 0 bridgehead atoms. The third-order valence-electron chi connectivity index (χ3n) is 2.71. The molecule has 1 heterocycles. The van der Waals surface area contributed by atoms with Crippen LogP contribution in [0.1, 0.15) is 0 Å². The number of nitrogens with two attached hydrogens (primary N) is 1. The molecule has 0 spiro atoms. The highest BCUT2D eigenvalue weighted by atomic mass is 19.4. The highest BCUT2D eigenvalue weighted by molar-refractivity contribution is 5.94. The molecule has 3 N–H and O–H groups in total. The molecule has 0 atom stereocenters. The van der Waals surface area contributed by atoms with Crippen LogP contribution < -0.4 is 11.1 Å². The van der Waals surface area contributed by atoms with Crippen LogP contribution in [0.2, 0.25) is 0 Å². The number of nitrogens with one attached hydrogen (secondary N) is 1. The standard InChI is InChI=1S/C7H3F12N3/c8-4(9,10)2(5(11,12)13)1(20)21-3(22-2,6(14,15)16)7(17,18)19/h22H,(H2,20,21). The first-order chi connectivity index (χ1) is 9.33. The Hall–Kier alpha value is -1.41. The van der Waals surface area contributed by atoms with Gasteiger partial charge in [-0.15, -0.1) is 0 Å². The lowest BCUT2D eigenvalue weighted by Gasteiger charge is -2.38. The van der Waals surface area contributed by atoms with E-state index in [4.69, 9.17) is 0 Å². The molecule has 3 nitrogen and oxygen atoms in total. The minimum absolute atomic E-state index is 0.501. The summed E-state index contributed by atoms with van der Waals surface area (Å²) in [6.07, 6.45) is -26.7. The molecule has 22 heavy (non-hydrogen) atoms. The minimum atomic E-state index is -6.67. The van der Waals surface area contributed by atoms with Gasteiger partial charge in [0, 0.05) is 0 Å². The first-order valence-corrected chi connectivity index (χ1v) is 4.75. The Labute approximate surface area is 112 Å². The lowest BCUT2D eigenvalue weighted by molar-refractivity contribution is -0.333. The zero-order valence-electron chi connectivity index (χ0n) is 9.56. The summed E-state index contributed by atoms with van der Waals surface area (Å²) < 4.78 is 151. The summed E-state index contributed by atoms with van der Waals surface area (Å²) in [6, 6.07) is 0. The zero-order chi connectivity index (χ0) is 18.0. The number of halogens is 12. The Bertz CT molecular complexity index is 449. The van der Waals surface area contributed by atoms with E-state index in [1.165, 1.54) is 4.99 Å². The highest BCUT2D eigenvalue weighted by Crippen LogP contribution is 2.54. The van der Waals surface area contributed by atoms with Crippen LogP contribution in [0.15, 0.2) is 4.99 Å². The fourth-order valence-electron chi connectivity index (χ4n) is 1.65. The van der Waals surface area contributed by atoms with Crippen molar-refractivity contribution in [2.45, 2.75) is 35.9 Å². The van der Waals surface area contributed by atoms with Crippen molar-refractivity contribution >= 4 is 5.84 Å². The second kappa shape index (κ2) is 4.32. The molecule has 0 saturated heterocycles. The maximum absolute atomic E-state index is 12.6. The molecule has 0 radical (unpaired) electrons. The maximum atomic E-state index is 12.6. The third kappa shape index (κ3) is 2.16. The Morgan fingerprint density at radius 3 is 1.14 bits per heavy atom. The van der Waals surface area contributed by atoms with Crippen LogP contribution in [0.5, 0.6) is 0 Å². The molecule has 130 valence electrons. The summed E-state index contributed by atoms with van der Waals surface area (Å²) in [7, 11) is 0. The average molecular weight is 357 g/mol. The molecule has 0 aromatic heterocycles. The Morgan fingerprint density at radius 1 is 0.682 bits per heavy atom. The largest absolute Gasteiger partial charge is 0.436 e. The second-order valence-electron chi connectivity index (χ2n) is 4.07. The minimum Gasteiger partial charge on any atom is -0.385 e. The van der Waals surface area contributed by atoms with Gasteiger partial charge in [0.15, 0.2) is 0 Å². The van der Waals surface area contributed by atoms with E-state index in [0.29, 0.717) is 0 Å². The lowest BCUT2D eigenvalue weighted by Crippen LogP contribution is -2.76. The summed E-state index contributed by atoms with van der Waals surface area (Å²) in [5, 5.41) is -0.501. The number of alkyl halides is 12. The predicted octanol–water partition coefficient (Wildman–Crippen LogP) is 2.63. The second-order valence-corrected chi connectivity index (χ2v) is 4.07. The predicted molar refractivity (Wildman–Crippen MR) is 44.4 cm³/mol. The van der Waals surface area contributed by atoms with Crippen molar-refractivity contribution in [3.63, 3.8) is 0 Å². The molecule has 1 aliphatic heterocycles. The molecule has 1 rings (SSSR count). The fraction of sp³-hybridized carbons (Fsp3) is 0.857. The maximum Gasteiger partial charge on any atom is 0.436 e. The van der Waals surface area contributed by atoms with Crippen molar-refractivity contribution in [3.8, 4) is 0 Å². The first kappa shape index (κ1) is 18.6. The third-order valence-corrected chi connectivity index (χ3v) is 2.71. The first-order valence-electron chi connectivity index (χ1n) is 4.75. The van der Waals surface area contributed by atoms with E-state index < -0.39 is 47.1 Å². The monoisotopic (exact) mass is 357 g/mol. The topological polar surface area (TPSA) is 50.4 Å². The summed E-state index contributed by atoms with van der Waals surface area (Å²) in [5.41, 5.74) is -7.42. The van der Waals surface area contributed by atoms with Gasteiger partial charge in [-0.2, -0.15) is 52.7 Å². The van der Waals surface area contributed by atoms with Crippen LogP contribution in [-0.4, -0.2) is 41.7 Å². The van der Waals surface area contributed by atoms with Gasteiger partial charge in [-0.1, -0.05) is 0 Å². The Morgan fingerprint density at radius 2 is 1.00 bits per heavy atom. The van der Waals surface area contributed by atoms with Crippen molar-refractivity contribution in [2.75, 3.05) is 0 Å². The number of hydrogen-bond acceptors (Lipinski definition) is 3. The normalized spacial score (nSPS) is 22.6. The van der Waals surface area contributed by atoms with E-state index in [9.17, 15) is 52.7 Å². The van der Waals surface area contributed by atoms with Crippen LogP contribution in [0.3, 0.4) is 0 Å². The molecule has 0 aliphatic carbocycles. The van der Waals surface area contributed by atoms with Crippen molar-refractivity contribution < 1.29 is 52.7 Å². The molecule has 0 aromatic rings. The average Bonchev–Trinajstić information content (AvgIpc) is 2.49. The van der Waals surface area contributed by atoms with Gasteiger partial charge in [0.25, 0.3) is 5.54 Å². The molecular formula is C7H3F12N3. The van der Waals surface area contributed by atoms with Crippen molar-refractivity contribution in [1.82, 2.24) is 5.32 Å². The lowest BCUT2D eigenvalue weighted by atomic mass is 9.96. The van der Waals surface area contributed by atoms with E-state index in [1.807, 2.05) is 0 Å². The smallest absolute Gasteiger partial charge is 0.385 e. The molecule has 1 aliphatic rings. The van der Waals surface area contributed by atoms with Crippen molar-refractivity contribution in [1.29, 1.82) is 0 Å². The summed E-state index contributed by atoms with van der Waals surface area (Å²) in [5.74, 6) is -2.94. The number of aliphatic imine (C=N–C) groups is 1. The van der Waals surface area contributed by atoms with Crippen LogP contribution >= 0.6 is 0 Å². The van der Waals surface area contributed by atoms with E-state index in [1.54, 1.807) is 0 Å². The van der Waals surface area contributed by atoms with Crippen molar-refractivity contribution in [2.24, 2.45) is 10.7 Å². The number of hydrogen-bond donors (Lipinski definition) is 2. The molecule has 0 aromatic carbocycles. The van der Waals surface area contributed by atoms with E-state index >= 15 is 0 Å². The number of rotatable bonds is 0. The summed E-state index contributed by atoms with van der Waals surface area (Å²) in [4.78, 5) is 1.44. The van der Waals surface area contributed by atoms with Gasteiger partial charge in [-0.05, 0) is 0 Å². The number of amidine groups is 1. The summed E-state index contributed by atoms with van der Waals surface area (Å²) in [6.45, 7) is 0. The van der Waals surface area contributed by atoms with E-state index in [0.717, 1.165) is 0 Å². The van der Waals surface area contributed by atoms with Crippen LogP contribution in [0.4, 0.5) is 52.7 Å². The van der Waals surface area contributed by atoms with Gasteiger partial charge in [0.1, 0.15) is 5.84 Å². The van der Waals surface area contributed by atoms with Crippen molar-refractivity contribution in [3.05, 3.63) is 0 Å². The SMILES string of the molecule is NC1=NC(C(F)(F)F)(C(F)(F)F)NC1(C(F)(F)F)C(F)(F)F. The molecule has 0 saturated carbocycles. The van der Waals surface area contributed by atoms with Gasteiger partial charge in [0.05, 0.1) is 0 Å². The molecule has 0 unspecified atom stereocenters. The molecule has 15 heteroatoms. The van der Waals surface area contributed by atoms with E-state index in [2.05, 4.69) is 5.73 Å². The Balaban J connectivity index is 3.72. The summed E-state index contributed by atoms with van der Waals surface area (Å²) >= 11 is 0. The van der Waals surface area contributed by atoms with Gasteiger partial charge in [-0.25, -0.2) is 10.3 Å². The zero-order valence-corrected chi connectivity index (χ0v) is 9.56. The van der Waals surface area contributed by atoms with Gasteiger partial charge in [0.2, 0.25) is 0 Å². The highest BCUT2D eigenvalue weighted by Gasteiger charge is 2.86. The quantitative estimate of drug-likeness (QED) is 0.655. The van der Waals surface area contributed by atoms with Gasteiger partial charge >= 0.3 is 30.4 Å². The molecule has 0 amide bonds. The Kier molecular flexibility index (Phi) is 3.66. The van der Waals surface area contributed by atoms with Gasteiger partial charge < -0.3 is 5.73 Å². The molecular weight excluding hydrogens is 354 g/mol. The van der Waals surface area contributed by atoms with Crippen LogP contribution in [0, 0.1) is 0 Å². The van der Waals surface area contributed by atoms with Crippen LogP contribution in [-0.2, 0) is 0 Å². The van der Waals surface area contributed by atoms with Crippen LogP contribution in [0.25, 0.3) is 0 Å². The fourth-order valence-corrected chi connectivity index (χ4v) is 1.65. The van der Waals surface area contributed by atoms with E-state index in [-0.39, 0.29) is 0 Å². The number of nitrogens with zero attached hydrogens (tertiary/aromatic N) is 1.